The van der Waals surface area contributed by atoms with Crippen LogP contribution in [0.5, 0.6) is 5.88 Å². The Balaban J connectivity index is 1.47. The standard InChI is InChI=1S/C19H25N5O3/c1-23(2)17-18(21-10-9-20-17)26-13-6-5-11-24(12-13)19(25)16-14-7-3-4-8-15(14)27-22-16/h9-10,13H,3-8,11-12H2,1-2H3/t13-/m0/s1. The van der Waals surface area contributed by atoms with Gasteiger partial charge in [0.1, 0.15) is 11.9 Å². The minimum absolute atomic E-state index is 0.0535. The van der Waals surface area contributed by atoms with E-state index in [9.17, 15) is 4.79 Å². The van der Waals surface area contributed by atoms with Gasteiger partial charge in [-0.3, -0.25) is 4.79 Å². The summed E-state index contributed by atoms with van der Waals surface area (Å²) >= 11 is 0. The van der Waals surface area contributed by atoms with Gasteiger partial charge in [-0.2, -0.15) is 0 Å². The maximum absolute atomic E-state index is 13.0. The smallest absolute Gasteiger partial charge is 0.276 e. The molecule has 2 aliphatic rings. The summed E-state index contributed by atoms with van der Waals surface area (Å²) in [6.07, 6.45) is 8.85. The lowest BCUT2D eigenvalue weighted by atomic mass is 9.96. The Morgan fingerprint density at radius 1 is 1.22 bits per heavy atom. The molecule has 0 N–H and O–H groups in total. The Morgan fingerprint density at radius 3 is 2.89 bits per heavy atom. The van der Waals surface area contributed by atoms with Crippen molar-refractivity contribution in [1.29, 1.82) is 0 Å². The number of piperidine rings is 1. The van der Waals surface area contributed by atoms with E-state index >= 15 is 0 Å². The van der Waals surface area contributed by atoms with Gasteiger partial charge >= 0.3 is 0 Å². The van der Waals surface area contributed by atoms with Gasteiger partial charge in [0.15, 0.2) is 11.5 Å². The third kappa shape index (κ3) is 3.61. The molecule has 2 aromatic heterocycles. The number of hydrogen-bond donors (Lipinski definition) is 0. The lowest BCUT2D eigenvalue weighted by molar-refractivity contribution is 0.0518. The molecule has 0 aromatic carbocycles. The number of carbonyl (C=O) groups excluding carboxylic acids is 1. The van der Waals surface area contributed by atoms with Crippen molar-refractivity contribution in [2.24, 2.45) is 0 Å². The predicted molar refractivity (Wildman–Crippen MR) is 99.1 cm³/mol. The number of aromatic nitrogens is 3. The van der Waals surface area contributed by atoms with Crippen LogP contribution in [-0.4, -0.2) is 59.2 Å². The third-order valence-corrected chi connectivity index (χ3v) is 5.17. The summed E-state index contributed by atoms with van der Waals surface area (Å²) in [4.78, 5) is 25.4. The number of amides is 1. The molecule has 27 heavy (non-hydrogen) atoms. The van der Waals surface area contributed by atoms with Crippen LogP contribution in [0.3, 0.4) is 0 Å². The van der Waals surface area contributed by atoms with Crippen molar-refractivity contribution in [3.8, 4) is 5.88 Å². The molecule has 1 fully saturated rings. The average molecular weight is 371 g/mol. The largest absolute Gasteiger partial charge is 0.470 e. The predicted octanol–water partition coefficient (Wildman–Crippen LogP) is 2.09. The first-order valence-corrected chi connectivity index (χ1v) is 9.55. The summed E-state index contributed by atoms with van der Waals surface area (Å²) in [5, 5.41) is 4.08. The highest BCUT2D eigenvalue weighted by molar-refractivity contribution is 5.94. The number of anilines is 1. The van der Waals surface area contributed by atoms with Gasteiger partial charge in [0, 0.05) is 45.0 Å². The SMILES string of the molecule is CN(C)c1nccnc1O[C@H]1CCCN(C(=O)c2noc3c2CCCC3)C1. The number of nitrogens with zero attached hydrogens (tertiary/aromatic N) is 5. The molecule has 8 heteroatoms. The number of rotatable bonds is 4. The van der Waals surface area contributed by atoms with Crippen LogP contribution in [-0.2, 0) is 12.8 Å². The van der Waals surface area contributed by atoms with E-state index in [2.05, 4.69) is 15.1 Å². The molecule has 0 spiro atoms. The van der Waals surface area contributed by atoms with Crippen LogP contribution in [0.4, 0.5) is 5.82 Å². The Hall–Kier alpha value is -2.64. The van der Waals surface area contributed by atoms with Gasteiger partial charge in [0.2, 0.25) is 0 Å². The number of carbonyl (C=O) groups is 1. The first-order chi connectivity index (χ1) is 13.1. The normalized spacial score (nSPS) is 19.5. The van der Waals surface area contributed by atoms with Crippen molar-refractivity contribution in [3.05, 3.63) is 29.4 Å². The first kappa shape index (κ1) is 17.8. The van der Waals surface area contributed by atoms with Gasteiger partial charge in [-0.15, -0.1) is 0 Å². The first-order valence-electron chi connectivity index (χ1n) is 9.55. The second-order valence-corrected chi connectivity index (χ2v) is 7.35. The minimum atomic E-state index is -0.110. The fourth-order valence-corrected chi connectivity index (χ4v) is 3.79. The highest BCUT2D eigenvalue weighted by Crippen LogP contribution is 2.27. The molecule has 3 heterocycles. The summed E-state index contributed by atoms with van der Waals surface area (Å²) in [6, 6.07) is 0. The van der Waals surface area contributed by atoms with Crippen LogP contribution < -0.4 is 9.64 Å². The van der Waals surface area contributed by atoms with Crippen molar-refractivity contribution < 1.29 is 14.1 Å². The van der Waals surface area contributed by atoms with Gasteiger partial charge in [-0.25, -0.2) is 9.97 Å². The number of likely N-dealkylation sites (tertiary alicyclic amines) is 1. The monoisotopic (exact) mass is 371 g/mol. The van der Waals surface area contributed by atoms with Gasteiger partial charge in [0.05, 0.1) is 6.54 Å². The zero-order chi connectivity index (χ0) is 18.8. The zero-order valence-electron chi connectivity index (χ0n) is 15.8. The van der Waals surface area contributed by atoms with E-state index in [1.807, 2.05) is 23.9 Å². The number of fused-ring (bicyclic) bond motifs is 1. The molecular weight excluding hydrogens is 346 g/mol. The van der Waals surface area contributed by atoms with Gasteiger partial charge in [-0.1, -0.05) is 5.16 Å². The molecule has 1 aliphatic heterocycles. The molecule has 144 valence electrons. The molecule has 1 amide bonds. The molecule has 4 rings (SSSR count). The quantitative estimate of drug-likeness (QED) is 0.813. The molecular formula is C19H25N5O3. The van der Waals surface area contributed by atoms with Gasteiger partial charge < -0.3 is 19.1 Å². The number of ether oxygens (including phenoxy) is 1. The molecule has 1 saturated heterocycles. The topological polar surface area (TPSA) is 84.6 Å². The third-order valence-electron chi connectivity index (χ3n) is 5.17. The van der Waals surface area contributed by atoms with Crippen molar-refractivity contribution in [2.75, 3.05) is 32.1 Å². The molecule has 0 radical (unpaired) electrons. The van der Waals surface area contributed by atoms with E-state index < -0.39 is 0 Å². The Bertz CT molecular complexity index is 819. The van der Waals surface area contributed by atoms with Crippen LogP contribution in [0.2, 0.25) is 0 Å². The van der Waals surface area contributed by atoms with Crippen LogP contribution in [0.25, 0.3) is 0 Å². The van der Waals surface area contributed by atoms with Gasteiger partial charge in [-0.05, 0) is 32.1 Å². The summed E-state index contributed by atoms with van der Waals surface area (Å²) in [5.74, 6) is 2.01. The maximum Gasteiger partial charge on any atom is 0.276 e. The Morgan fingerprint density at radius 2 is 2.04 bits per heavy atom. The lowest BCUT2D eigenvalue weighted by Gasteiger charge is -2.32. The average Bonchev–Trinajstić information content (AvgIpc) is 3.12. The zero-order valence-corrected chi connectivity index (χ0v) is 15.8. The van der Waals surface area contributed by atoms with Crippen molar-refractivity contribution >= 4 is 11.7 Å². The van der Waals surface area contributed by atoms with E-state index in [0.29, 0.717) is 30.5 Å². The second kappa shape index (κ2) is 7.54. The summed E-state index contributed by atoms with van der Waals surface area (Å²) in [5.41, 5.74) is 1.48. The number of hydrogen-bond acceptors (Lipinski definition) is 7. The second-order valence-electron chi connectivity index (χ2n) is 7.35. The van der Waals surface area contributed by atoms with Crippen LogP contribution in [0.15, 0.2) is 16.9 Å². The van der Waals surface area contributed by atoms with E-state index in [1.165, 1.54) is 0 Å². The lowest BCUT2D eigenvalue weighted by Crippen LogP contribution is -2.45. The van der Waals surface area contributed by atoms with Crippen molar-refractivity contribution in [3.63, 3.8) is 0 Å². The van der Waals surface area contributed by atoms with Crippen molar-refractivity contribution in [2.45, 2.75) is 44.6 Å². The fourth-order valence-electron chi connectivity index (χ4n) is 3.79. The van der Waals surface area contributed by atoms with Gasteiger partial charge in [0.25, 0.3) is 11.8 Å². The Kier molecular flexibility index (Phi) is 4.96. The van der Waals surface area contributed by atoms with E-state index in [1.54, 1.807) is 12.4 Å². The summed E-state index contributed by atoms with van der Waals surface area (Å²) in [6.45, 7) is 1.23. The molecule has 1 atom stereocenters. The van der Waals surface area contributed by atoms with Crippen LogP contribution in [0, 0.1) is 0 Å². The maximum atomic E-state index is 13.0. The molecule has 0 bridgehead atoms. The van der Waals surface area contributed by atoms with E-state index in [4.69, 9.17) is 9.26 Å². The minimum Gasteiger partial charge on any atom is -0.470 e. The highest BCUT2D eigenvalue weighted by Gasteiger charge is 2.31. The van der Waals surface area contributed by atoms with Crippen LogP contribution >= 0.6 is 0 Å². The molecule has 0 unspecified atom stereocenters. The summed E-state index contributed by atoms with van der Waals surface area (Å²) < 4.78 is 11.5. The fraction of sp³-hybridized carbons (Fsp3) is 0.579. The van der Waals surface area contributed by atoms with E-state index in [-0.39, 0.29) is 12.0 Å². The van der Waals surface area contributed by atoms with E-state index in [0.717, 1.165) is 49.8 Å². The number of aryl methyl sites for hydroxylation is 1. The molecule has 8 nitrogen and oxygen atoms in total. The van der Waals surface area contributed by atoms with Crippen LogP contribution in [0.1, 0.15) is 47.5 Å². The molecule has 1 aliphatic carbocycles. The molecule has 2 aromatic rings. The highest BCUT2D eigenvalue weighted by atomic mass is 16.5. The Labute approximate surface area is 158 Å². The molecule has 0 saturated carbocycles. The summed E-state index contributed by atoms with van der Waals surface area (Å²) in [7, 11) is 3.81. The van der Waals surface area contributed by atoms with Crippen molar-refractivity contribution in [1.82, 2.24) is 20.0 Å².